The molecular weight excluding hydrogens is 170 g/mol. The van der Waals surface area contributed by atoms with E-state index < -0.39 is 30.9 Å². The molecular formula is C6H10F2N2O2. The van der Waals surface area contributed by atoms with Crippen LogP contribution in [-0.4, -0.2) is 36.6 Å². The number of rotatable bonds is 1. The number of hydrogen-bond acceptors (Lipinski definition) is 4. The van der Waals surface area contributed by atoms with Crippen LogP contribution in [0.4, 0.5) is 8.78 Å². The van der Waals surface area contributed by atoms with Crippen LogP contribution in [0.2, 0.25) is 0 Å². The van der Waals surface area contributed by atoms with Gasteiger partial charge in [0.15, 0.2) is 0 Å². The summed E-state index contributed by atoms with van der Waals surface area (Å²) in [7, 11) is 1.15. The molecule has 0 unspecified atom stereocenters. The second kappa shape index (κ2) is 2.95. The fourth-order valence-corrected chi connectivity index (χ4v) is 1.20. The number of carbonyl (C=O) groups excluding carboxylic acids is 1. The van der Waals surface area contributed by atoms with Crippen molar-refractivity contribution in [2.45, 2.75) is 18.4 Å². The zero-order valence-corrected chi connectivity index (χ0v) is 6.59. The fourth-order valence-electron chi connectivity index (χ4n) is 1.20. The summed E-state index contributed by atoms with van der Waals surface area (Å²) in [5.41, 5.74) is 0. The minimum Gasteiger partial charge on any atom is -0.468 e. The number of alkyl halides is 2. The first kappa shape index (κ1) is 9.34. The average Bonchev–Trinajstić information content (AvgIpc) is 2.23. The van der Waals surface area contributed by atoms with Crippen molar-refractivity contribution >= 4 is 5.97 Å². The summed E-state index contributed by atoms with van der Waals surface area (Å²) in [5.74, 6) is 1.59. The lowest BCUT2D eigenvalue weighted by Crippen LogP contribution is -2.41. The molecule has 1 aliphatic rings. The predicted octanol–water partition coefficient (Wildman–Crippen LogP) is -0.257. The highest BCUT2D eigenvalue weighted by Crippen LogP contribution is 2.30. The molecule has 0 amide bonds. The summed E-state index contributed by atoms with van der Waals surface area (Å²) in [5, 5.41) is 0.811. The summed E-state index contributed by atoms with van der Waals surface area (Å²) in [6.07, 6.45) is -0.559. The van der Waals surface area contributed by atoms with E-state index in [4.69, 9.17) is 5.84 Å². The summed E-state index contributed by atoms with van der Waals surface area (Å²) >= 11 is 0. The molecule has 1 saturated heterocycles. The molecule has 1 aliphatic heterocycles. The summed E-state index contributed by atoms with van der Waals surface area (Å²) < 4.78 is 29.5. The van der Waals surface area contributed by atoms with Crippen LogP contribution < -0.4 is 5.84 Å². The van der Waals surface area contributed by atoms with Crippen molar-refractivity contribution in [3.63, 3.8) is 0 Å². The van der Waals surface area contributed by atoms with Gasteiger partial charge in [0.2, 0.25) is 0 Å². The zero-order chi connectivity index (χ0) is 9.35. The lowest BCUT2D eigenvalue weighted by atomic mass is 10.2. The number of carbonyl (C=O) groups is 1. The van der Waals surface area contributed by atoms with Crippen molar-refractivity contribution in [1.29, 1.82) is 0 Å². The van der Waals surface area contributed by atoms with Crippen molar-refractivity contribution < 1.29 is 18.3 Å². The maximum Gasteiger partial charge on any atom is 0.324 e. The van der Waals surface area contributed by atoms with Crippen LogP contribution in [0.5, 0.6) is 0 Å². The molecule has 0 aromatic carbocycles. The number of halogens is 2. The normalized spacial score (nSPS) is 28.8. The van der Waals surface area contributed by atoms with Crippen molar-refractivity contribution in [3.8, 4) is 0 Å². The number of ether oxygens (including phenoxy) is 1. The van der Waals surface area contributed by atoms with Gasteiger partial charge in [-0.2, -0.15) is 0 Å². The molecule has 0 aromatic rings. The van der Waals surface area contributed by atoms with Crippen molar-refractivity contribution in [2.24, 2.45) is 5.84 Å². The Bertz CT molecular complexity index is 198. The second-order valence-electron chi connectivity index (χ2n) is 2.77. The number of methoxy groups -OCH3 is 1. The quantitative estimate of drug-likeness (QED) is 0.446. The van der Waals surface area contributed by atoms with E-state index in [0.29, 0.717) is 0 Å². The lowest BCUT2D eigenvalue weighted by molar-refractivity contribution is -0.146. The Labute approximate surface area is 68.2 Å². The molecule has 6 heteroatoms. The summed E-state index contributed by atoms with van der Waals surface area (Å²) in [4.78, 5) is 10.8. The van der Waals surface area contributed by atoms with Gasteiger partial charge < -0.3 is 4.74 Å². The van der Waals surface area contributed by atoms with E-state index >= 15 is 0 Å². The van der Waals surface area contributed by atoms with Gasteiger partial charge >= 0.3 is 5.97 Å². The first-order chi connectivity index (χ1) is 5.46. The lowest BCUT2D eigenvalue weighted by Gasteiger charge is -2.14. The molecule has 0 aromatic heterocycles. The molecule has 1 fully saturated rings. The highest BCUT2D eigenvalue weighted by molar-refractivity contribution is 5.76. The number of nitrogens with two attached hydrogens (primary N) is 1. The molecule has 0 aliphatic carbocycles. The SMILES string of the molecule is COC(=O)[C@@H]1CC(F)(F)CN1N. The van der Waals surface area contributed by atoms with Crippen LogP contribution in [0.25, 0.3) is 0 Å². The molecule has 70 valence electrons. The average molecular weight is 180 g/mol. The van der Waals surface area contributed by atoms with Gasteiger partial charge in [-0.25, -0.2) is 13.8 Å². The van der Waals surface area contributed by atoms with Crippen LogP contribution in [0.15, 0.2) is 0 Å². The Kier molecular flexibility index (Phi) is 2.29. The van der Waals surface area contributed by atoms with Crippen molar-refractivity contribution in [2.75, 3.05) is 13.7 Å². The first-order valence-electron chi connectivity index (χ1n) is 3.43. The predicted molar refractivity (Wildman–Crippen MR) is 36.3 cm³/mol. The van der Waals surface area contributed by atoms with Crippen LogP contribution in [0.1, 0.15) is 6.42 Å². The van der Waals surface area contributed by atoms with Crippen LogP contribution in [0, 0.1) is 0 Å². The summed E-state index contributed by atoms with van der Waals surface area (Å²) in [6, 6.07) is -1.01. The molecule has 0 saturated carbocycles. The summed E-state index contributed by atoms with van der Waals surface area (Å²) in [6.45, 7) is -0.591. The van der Waals surface area contributed by atoms with Gasteiger partial charge in [-0.3, -0.25) is 10.6 Å². The minimum absolute atomic E-state index is 0.559. The third-order valence-electron chi connectivity index (χ3n) is 1.78. The Morgan fingerprint density at radius 3 is 2.67 bits per heavy atom. The molecule has 2 N–H and O–H groups in total. The van der Waals surface area contributed by atoms with Crippen LogP contribution in [-0.2, 0) is 9.53 Å². The zero-order valence-electron chi connectivity index (χ0n) is 6.59. The van der Waals surface area contributed by atoms with Crippen molar-refractivity contribution in [1.82, 2.24) is 5.01 Å². The van der Waals surface area contributed by atoms with E-state index in [-0.39, 0.29) is 0 Å². The van der Waals surface area contributed by atoms with Gasteiger partial charge in [-0.15, -0.1) is 0 Å². The molecule has 12 heavy (non-hydrogen) atoms. The third kappa shape index (κ3) is 1.70. The molecule has 0 spiro atoms. The second-order valence-corrected chi connectivity index (χ2v) is 2.77. The topological polar surface area (TPSA) is 55.6 Å². The highest BCUT2D eigenvalue weighted by Gasteiger charge is 2.47. The maximum absolute atomic E-state index is 12.6. The largest absolute Gasteiger partial charge is 0.468 e. The van der Waals surface area contributed by atoms with Gasteiger partial charge in [0, 0.05) is 6.42 Å². The van der Waals surface area contributed by atoms with E-state index in [9.17, 15) is 13.6 Å². The molecule has 0 radical (unpaired) electrons. The fraction of sp³-hybridized carbons (Fsp3) is 0.833. The van der Waals surface area contributed by atoms with Crippen LogP contribution >= 0.6 is 0 Å². The van der Waals surface area contributed by atoms with Gasteiger partial charge in [0.05, 0.1) is 13.7 Å². The van der Waals surface area contributed by atoms with Crippen molar-refractivity contribution in [3.05, 3.63) is 0 Å². The Morgan fingerprint density at radius 1 is 1.75 bits per heavy atom. The standard InChI is InChI=1S/C6H10F2N2O2/c1-12-5(11)4-2-6(7,8)3-10(4)9/h4H,2-3,9H2,1H3/t4-/m0/s1. The van der Waals surface area contributed by atoms with E-state index in [1.54, 1.807) is 0 Å². The van der Waals surface area contributed by atoms with E-state index in [0.717, 1.165) is 12.1 Å². The van der Waals surface area contributed by atoms with E-state index in [1.165, 1.54) is 0 Å². The van der Waals surface area contributed by atoms with Gasteiger partial charge in [-0.1, -0.05) is 0 Å². The van der Waals surface area contributed by atoms with Gasteiger partial charge in [0.25, 0.3) is 5.92 Å². The monoisotopic (exact) mass is 180 g/mol. The van der Waals surface area contributed by atoms with E-state index in [2.05, 4.69) is 4.74 Å². The Hall–Kier alpha value is -0.750. The first-order valence-corrected chi connectivity index (χ1v) is 3.43. The third-order valence-corrected chi connectivity index (χ3v) is 1.78. The Morgan fingerprint density at radius 2 is 2.33 bits per heavy atom. The number of nitrogens with zero attached hydrogens (tertiary/aromatic N) is 1. The maximum atomic E-state index is 12.6. The molecule has 1 heterocycles. The molecule has 1 atom stereocenters. The highest BCUT2D eigenvalue weighted by atomic mass is 19.3. The van der Waals surface area contributed by atoms with Crippen LogP contribution in [0.3, 0.4) is 0 Å². The molecule has 4 nitrogen and oxygen atoms in total. The Balaban J connectivity index is 2.64. The number of hydrazine groups is 1. The van der Waals surface area contributed by atoms with Gasteiger partial charge in [-0.05, 0) is 0 Å². The minimum atomic E-state index is -2.88. The molecule has 1 rings (SSSR count). The number of esters is 1. The van der Waals surface area contributed by atoms with E-state index in [1.807, 2.05) is 0 Å². The number of hydrogen-bond donors (Lipinski definition) is 1. The smallest absolute Gasteiger partial charge is 0.324 e. The van der Waals surface area contributed by atoms with Gasteiger partial charge in [0.1, 0.15) is 6.04 Å². The molecule has 0 bridgehead atoms.